The molecule has 18 heavy (non-hydrogen) atoms. The Bertz CT molecular complexity index is 420. The standard InChI is InChI=1S/C15H23N3/c1-16-15-12-9-6-10-13(12)17-14(18-15)11-7-4-2-3-5-8-11/h11H,2-10H2,1H3,(H,16,17,18). The Kier molecular flexibility index (Phi) is 3.48. The number of nitrogens with one attached hydrogen (secondary N) is 1. The lowest BCUT2D eigenvalue weighted by Crippen LogP contribution is -2.10. The second-order valence-electron chi connectivity index (χ2n) is 5.65. The lowest BCUT2D eigenvalue weighted by atomic mass is 9.99. The van der Waals surface area contributed by atoms with Crippen LogP contribution in [0, 0.1) is 0 Å². The molecule has 0 radical (unpaired) electrons. The van der Waals surface area contributed by atoms with Crippen molar-refractivity contribution in [1.82, 2.24) is 9.97 Å². The Labute approximate surface area is 109 Å². The first-order valence-corrected chi connectivity index (χ1v) is 7.46. The van der Waals surface area contributed by atoms with Gasteiger partial charge in [0.05, 0.1) is 0 Å². The molecular weight excluding hydrogens is 222 g/mol. The van der Waals surface area contributed by atoms with Gasteiger partial charge in [0.2, 0.25) is 0 Å². The van der Waals surface area contributed by atoms with Crippen molar-refractivity contribution in [2.75, 3.05) is 12.4 Å². The molecule has 0 unspecified atom stereocenters. The van der Waals surface area contributed by atoms with Crippen molar-refractivity contribution >= 4 is 5.82 Å². The van der Waals surface area contributed by atoms with Crippen LogP contribution in [0.2, 0.25) is 0 Å². The Hall–Kier alpha value is -1.12. The molecule has 2 aliphatic rings. The van der Waals surface area contributed by atoms with Gasteiger partial charge >= 0.3 is 0 Å². The molecular formula is C15H23N3. The Morgan fingerprint density at radius 3 is 2.44 bits per heavy atom. The van der Waals surface area contributed by atoms with Gasteiger partial charge in [-0.2, -0.15) is 0 Å². The molecule has 0 aliphatic heterocycles. The molecule has 3 nitrogen and oxygen atoms in total. The third kappa shape index (κ3) is 2.23. The highest BCUT2D eigenvalue weighted by atomic mass is 15.0. The van der Waals surface area contributed by atoms with Crippen LogP contribution < -0.4 is 5.32 Å². The van der Waals surface area contributed by atoms with Crippen molar-refractivity contribution in [3.8, 4) is 0 Å². The molecule has 3 heteroatoms. The minimum Gasteiger partial charge on any atom is -0.373 e. The van der Waals surface area contributed by atoms with Gasteiger partial charge in [0.25, 0.3) is 0 Å². The summed E-state index contributed by atoms with van der Waals surface area (Å²) < 4.78 is 0. The van der Waals surface area contributed by atoms with Gasteiger partial charge in [-0.15, -0.1) is 0 Å². The van der Waals surface area contributed by atoms with Crippen LogP contribution in [-0.4, -0.2) is 17.0 Å². The van der Waals surface area contributed by atoms with E-state index in [-0.39, 0.29) is 0 Å². The van der Waals surface area contributed by atoms with Gasteiger partial charge in [-0.3, -0.25) is 0 Å². The summed E-state index contributed by atoms with van der Waals surface area (Å²) >= 11 is 0. The Morgan fingerprint density at radius 2 is 1.72 bits per heavy atom. The highest BCUT2D eigenvalue weighted by molar-refractivity contribution is 5.48. The van der Waals surface area contributed by atoms with Gasteiger partial charge in [-0.05, 0) is 32.1 Å². The van der Waals surface area contributed by atoms with Gasteiger partial charge in [-0.25, -0.2) is 9.97 Å². The topological polar surface area (TPSA) is 37.8 Å². The van der Waals surface area contributed by atoms with Gasteiger partial charge in [-0.1, -0.05) is 25.7 Å². The minimum atomic E-state index is 0.602. The van der Waals surface area contributed by atoms with E-state index in [9.17, 15) is 0 Å². The van der Waals surface area contributed by atoms with E-state index < -0.39 is 0 Å². The van der Waals surface area contributed by atoms with Crippen LogP contribution in [0.25, 0.3) is 0 Å². The molecule has 1 fully saturated rings. The fourth-order valence-electron chi connectivity index (χ4n) is 3.38. The minimum absolute atomic E-state index is 0.602. The molecule has 0 amide bonds. The maximum absolute atomic E-state index is 4.88. The molecule has 1 N–H and O–H groups in total. The summed E-state index contributed by atoms with van der Waals surface area (Å²) in [5.74, 6) is 2.81. The van der Waals surface area contributed by atoms with Crippen LogP contribution in [-0.2, 0) is 12.8 Å². The van der Waals surface area contributed by atoms with E-state index in [1.54, 1.807) is 0 Å². The molecule has 1 aromatic heterocycles. The number of hydrogen-bond acceptors (Lipinski definition) is 3. The van der Waals surface area contributed by atoms with Gasteiger partial charge < -0.3 is 5.32 Å². The molecule has 0 spiro atoms. The molecule has 98 valence electrons. The van der Waals surface area contributed by atoms with Crippen molar-refractivity contribution in [2.45, 2.75) is 63.7 Å². The van der Waals surface area contributed by atoms with E-state index in [1.807, 2.05) is 7.05 Å². The molecule has 1 aromatic rings. The number of aryl methyl sites for hydroxylation is 1. The summed E-state index contributed by atoms with van der Waals surface area (Å²) in [5.41, 5.74) is 2.68. The van der Waals surface area contributed by atoms with E-state index in [0.29, 0.717) is 5.92 Å². The van der Waals surface area contributed by atoms with E-state index >= 15 is 0 Å². The maximum Gasteiger partial charge on any atom is 0.134 e. The number of rotatable bonds is 2. The lowest BCUT2D eigenvalue weighted by molar-refractivity contribution is 0.558. The fraction of sp³-hybridized carbons (Fsp3) is 0.733. The molecule has 0 bridgehead atoms. The summed E-state index contributed by atoms with van der Waals surface area (Å²) in [6, 6.07) is 0. The van der Waals surface area contributed by atoms with Crippen LogP contribution in [0.3, 0.4) is 0 Å². The smallest absolute Gasteiger partial charge is 0.134 e. The van der Waals surface area contributed by atoms with Gasteiger partial charge in [0.15, 0.2) is 0 Å². The van der Waals surface area contributed by atoms with Crippen LogP contribution in [0.4, 0.5) is 5.82 Å². The Balaban J connectivity index is 1.91. The third-order valence-electron chi connectivity index (χ3n) is 4.41. The molecule has 0 saturated heterocycles. The molecule has 0 atom stereocenters. The van der Waals surface area contributed by atoms with Crippen molar-refractivity contribution in [3.63, 3.8) is 0 Å². The monoisotopic (exact) mass is 245 g/mol. The summed E-state index contributed by atoms with van der Waals surface area (Å²) in [5, 5.41) is 3.27. The maximum atomic E-state index is 4.88. The lowest BCUT2D eigenvalue weighted by Gasteiger charge is -2.16. The zero-order valence-electron chi connectivity index (χ0n) is 11.3. The number of fused-ring (bicyclic) bond motifs is 1. The second-order valence-corrected chi connectivity index (χ2v) is 5.65. The van der Waals surface area contributed by atoms with Crippen molar-refractivity contribution < 1.29 is 0 Å². The van der Waals surface area contributed by atoms with Crippen LogP contribution in [0.15, 0.2) is 0 Å². The molecule has 1 saturated carbocycles. The summed E-state index contributed by atoms with van der Waals surface area (Å²) in [6.07, 6.45) is 11.6. The number of anilines is 1. The average molecular weight is 245 g/mol. The highest BCUT2D eigenvalue weighted by Crippen LogP contribution is 2.33. The first-order valence-electron chi connectivity index (χ1n) is 7.46. The second kappa shape index (κ2) is 5.25. The summed E-state index contributed by atoms with van der Waals surface area (Å²) in [6.45, 7) is 0. The van der Waals surface area contributed by atoms with Crippen LogP contribution in [0.1, 0.15) is 67.9 Å². The zero-order chi connectivity index (χ0) is 12.4. The molecule has 3 rings (SSSR count). The number of aromatic nitrogens is 2. The van der Waals surface area contributed by atoms with E-state index in [2.05, 4.69) is 5.32 Å². The first-order chi connectivity index (χ1) is 8.88. The van der Waals surface area contributed by atoms with Crippen molar-refractivity contribution in [3.05, 3.63) is 17.1 Å². The largest absolute Gasteiger partial charge is 0.373 e. The van der Waals surface area contributed by atoms with Crippen LogP contribution in [0.5, 0.6) is 0 Å². The third-order valence-corrected chi connectivity index (χ3v) is 4.41. The number of hydrogen-bond donors (Lipinski definition) is 1. The summed E-state index contributed by atoms with van der Waals surface area (Å²) in [4.78, 5) is 9.68. The van der Waals surface area contributed by atoms with E-state index in [0.717, 1.165) is 24.5 Å². The molecule has 2 aliphatic carbocycles. The number of nitrogens with zero attached hydrogens (tertiary/aromatic N) is 2. The fourth-order valence-corrected chi connectivity index (χ4v) is 3.38. The normalized spacial score (nSPS) is 20.5. The summed E-state index contributed by atoms with van der Waals surface area (Å²) in [7, 11) is 1.98. The van der Waals surface area contributed by atoms with E-state index in [1.165, 1.54) is 56.2 Å². The van der Waals surface area contributed by atoms with Gasteiger partial charge in [0.1, 0.15) is 11.6 Å². The quantitative estimate of drug-likeness (QED) is 0.811. The molecule has 1 heterocycles. The zero-order valence-corrected chi connectivity index (χ0v) is 11.3. The SMILES string of the molecule is CNc1nc(C2CCCCCC2)nc2c1CCC2. The van der Waals surface area contributed by atoms with Crippen molar-refractivity contribution in [1.29, 1.82) is 0 Å². The van der Waals surface area contributed by atoms with Crippen LogP contribution >= 0.6 is 0 Å². The van der Waals surface area contributed by atoms with E-state index in [4.69, 9.17) is 9.97 Å². The predicted molar refractivity (Wildman–Crippen MR) is 74.0 cm³/mol. The molecule has 0 aromatic carbocycles. The average Bonchev–Trinajstić information content (AvgIpc) is 2.71. The highest BCUT2D eigenvalue weighted by Gasteiger charge is 2.23. The predicted octanol–water partition coefficient (Wildman–Crippen LogP) is 3.44. The Morgan fingerprint density at radius 1 is 0.944 bits per heavy atom. The first kappa shape index (κ1) is 11.9. The van der Waals surface area contributed by atoms with Gasteiger partial charge in [0, 0.05) is 24.2 Å². The van der Waals surface area contributed by atoms with Crippen molar-refractivity contribution in [2.24, 2.45) is 0 Å².